The zero-order valence-electron chi connectivity index (χ0n) is 15.1. The van der Waals surface area contributed by atoms with Crippen LogP contribution in [0.1, 0.15) is 29.2 Å². The molecule has 0 amide bonds. The van der Waals surface area contributed by atoms with E-state index in [1.807, 2.05) is 48.5 Å². The predicted octanol–water partition coefficient (Wildman–Crippen LogP) is 5.87. The number of halogens is 2. The third-order valence-electron chi connectivity index (χ3n) is 5.10. The van der Waals surface area contributed by atoms with E-state index in [1.54, 1.807) is 28.6 Å². The van der Waals surface area contributed by atoms with Crippen LogP contribution < -0.4 is 0 Å². The summed E-state index contributed by atoms with van der Waals surface area (Å²) in [5.74, 6) is 0. The van der Waals surface area contributed by atoms with E-state index in [9.17, 15) is 8.42 Å². The zero-order chi connectivity index (χ0) is 19.7. The van der Waals surface area contributed by atoms with Gasteiger partial charge in [0.05, 0.1) is 10.9 Å². The second-order valence-electron chi connectivity index (χ2n) is 6.89. The van der Waals surface area contributed by atoms with Crippen molar-refractivity contribution in [2.75, 3.05) is 0 Å². The molecule has 0 heterocycles. The van der Waals surface area contributed by atoms with Crippen LogP contribution in [0.3, 0.4) is 0 Å². The predicted molar refractivity (Wildman–Crippen MR) is 113 cm³/mol. The van der Waals surface area contributed by atoms with Gasteiger partial charge in [-0.1, -0.05) is 59.6 Å². The largest absolute Gasteiger partial charge is 0.243 e. The number of rotatable bonds is 5. The van der Waals surface area contributed by atoms with E-state index >= 15 is 0 Å². The monoisotopic (exact) mass is 431 g/mol. The van der Waals surface area contributed by atoms with Crippen molar-refractivity contribution in [1.29, 1.82) is 0 Å². The summed E-state index contributed by atoms with van der Waals surface area (Å²) in [4.78, 5) is 0.246. The molecule has 0 spiro atoms. The molecule has 0 radical (unpaired) electrons. The normalized spacial score (nSPS) is 16.3. The van der Waals surface area contributed by atoms with Gasteiger partial charge in [-0.2, -0.15) is 4.31 Å². The smallest absolute Gasteiger partial charge is 0.207 e. The van der Waals surface area contributed by atoms with Gasteiger partial charge in [-0.25, -0.2) is 8.42 Å². The van der Waals surface area contributed by atoms with Gasteiger partial charge < -0.3 is 0 Å². The summed E-state index contributed by atoms with van der Waals surface area (Å²) in [6.07, 6.45) is 1.54. The van der Waals surface area contributed by atoms with Gasteiger partial charge in [0.15, 0.2) is 0 Å². The molecule has 3 aromatic carbocycles. The standard InChI is InChI=1S/C22H19Cl2NO2S/c23-18-7-10-20(11-8-18)28(26,27)25(15-16-4-2-1-3-5-16)22-13-6-17-14-19(24)9-12-21(17)22/h1-5,7-12,14,22H,6,13,15H2. The molecule has 0 saturated carbocycles. The summed E-state index contributed by atoms with van der Waals surface area (Å²) in [7, 11) is -3.71. The lowest BCUT2D eigenvalue weighted by molar-refractivity contribution is 0.316. The van der Waals surface area contributed by atoms with Crippen LogP contribution in [0.5, 0.6) is 0 Å². The first kappa shape index (κ1) is 19.5. The number of aryl methyl sites for hydroxylation is 1. The molecule has 0 aromatic heterocycles. The average Bonchev–Trinajstić information content (AvgIpc) is 3.09. The van der Waals surface area contributed by atoms with Gasteiger partial charge in [0.1, 0.15) is 0 Å². The Kier molecular flexibility index (Phi) is 5.48. The lowest BCUT2D eigenvalue weighted by Gasteiger charge is -2.29. The molecule has 144 valence electrons. The Morgan fingerprint density at radius 1 is 0.893 bits per heavy atom. The van der Waals surface area contributed by atoms with Crippen molar-refractivity contribution in [3.63, 3.8) is 0 Å². The highest BCUT2D eigenvalue weighted by Gasteiger charge is 2.36. The fourth-order valence-electron chi connectivity index (χ4n) is 3.73. The average molecular weight is 432 g/mol. The maximum atomic E-state index is 13.6. The minimum Gasteiger partial charge on any atom is -0.207 e. The van der Waals surface area contributed by atoms with Gasteiger partial charge in [-0.15, -0.1) is 0 Å². The van der Waals surface area contributed by atoms with Crippen LogP contribution in [0.25, 0.3) is 0 Å². The van der Waals surface area contributed by atoms with Gasteiger partial charge in [0, 0.05) is 16.6 Å². The van der Waals surface area contributed by atoms with Gasteiger partial charge in [-0.05, 0) is 65.9 Å². The topological polar surface area (TPSA) is 37.4 Å². The molecule has 28 heavy (non-hydrogen) atoms. The molecule has 6 heteroatoms. The highest BCUT2D eigenvalue weighted by molar-refractivity contribution is 7.89. The first-order valence-electron chi connectivity index (χ1n) is 9.05. The molecule has 0 fully saturated rings. The molecular formula is C22H19Cl2NO2S. The van der Waals surface area contributed by atoms with E-state index in [2.05, 4.69) is 0 Å². The van der Waals surface area contributed by atoms with E-state index in [0.29, 0.717) is 16.6 Å². The number of hydrogen-bond donors (Lipinski definition) is 0. The third-order valence-corrected chi connectivity index (χ3v) is 7.46. The molecule has 1 aliphatic carbocycles. The van der Waals surface area contributed by atoms with E-state index in [-0.39, 0.29) is 10.9 Å². The molecule has 1 unspecified atom stereocenters. The summed E-state index contributed by atoms with van der Waals surface area (Å²) < 4.78 is 28.7. The zero-order valence-corrected chi connectivity index (χ0v) is 17.4. The van der Waals surface area contributed by atoms with Gasteiger partial charge in [-0.3, -0.25) is 0 Å². The van der Waals surface area contributed by atoms with E-state index < -0.39 is 10.0 Å². The minimum absolute atomic E-state index is 0.229. The molecule has 0 bridgehead atoms. The van der Waals surface area contributed by atoms with Gasteiger partial charge in [0.25, 0.3) is 0 Å². The summed E-state index contributed by atoms with van der Waals surface area (Å²) in [6.45, 7) is 0.304. The maximum Gasteiger partial charge on any atom is 0.243 e. The van der Waals surface area contributed by atoms with Gasteiger partial charge >= 0.3 is 0 Å². The van der Waals surface area contributed by atoms with Crippen LogP contribution in [0.2, 0.25) is 10.0 Å². The molecule has 1 atom stereocenters. The summed E-state index contributed by atoms with van der Waals surface area (Å²) in [5, 5.41) is 1.18. The Bertz CT molecular complexity index is 1080. The number of benzene rings is 3. The first-order valence-corrected chi connectivity index (χ1v) is 11.2. The number of sulfonamides is 1. The van der Waals surface area contributed by atoms with Crippen LogP contribution in [0.15, 0.2) is 77.7 Å². The second-order valence-corrected chi connectivity index (χ2v) is 9.65. The van der Waals surface area contributed by atoms with Crippen molar-refractivity contribution in [2.45, 2.75) is 30.3 Å². The van der Waals surface area contributed by atoms with Gasteiger partial charge in [0.2, 0.25) is 10.0 Å². The van der Waals surface area contributed by atoms with Crippen molar-refractivity contribution >= 4 is 33.2 Å². The highest BCUT2D eigenvalue weighted by Crippen LogP contribution is 2.40. The third kappa shape index (κ3) is 3.83. The SMILES string of the molecule is O=S(=O)(c1ccc(Cl)cc1)N(Cc1ccccc1)C1CCc2cc(Cl)ccc21. The van der Waals surface area contributed by atoms with Crippen molar-refractivity contribution < 1.29 is 8.42 Å². The molecule has 0 aliphatic heterocycles. The molecule has 3 nitrogen and oxygen atoms in total. The summed E-state index contributed by atoms with van der Waals surface area (Å²) in [6, 6.07) is 21.5. The van der Waals surface area contributed by atoms with E-state index in [0.717, 1.165) is 29.5 Å². The number of nitrogens with zero attached hydrogens (tertiary/aromatic N) is 1. The minimum atomic E-state index is -3.71. The Balaban J connectivity index is 1.78. The molecule has 0 N–H and O–H groups in total. The quantitative estimate of drug-likeness (QED) is 0.506. The highest BCUT2D eigenvalue weighted by atomic mass is 35.5. The van der Waals surface area contributed by atoms with Crippen molar-refractivity contribution in [3.8, 4) is 0 Å². The number of fused-ring (bicyclic) bond motifs is 1. The Labute approximate surface area is 175 Å². The Hall–Kier alpha value is -1.85. The second kappa shape index (κ2) is 7.88. The molecular weight excluding hydrogens is 413 g/mol. The van der Waals surface area contributed by atoms with Crippen molar-refractivity contribution in [3.05, 3.63) is 99.5 Å². The lowest BCUT2D eigenvalue weighted by Crippen LogP contribution is -2.33. The van der Waals surface area contributed by atoms with Crippen molar-refractivity contribution in [2.24, 2.45) is 0 Å². The fraction of sp³-hybridized carbons (Fsp3) is 0.182. The molecule has 4 rings (SSSR count). The Morgan fingerprint density at radius 2 is 1.57 bits per heavy atom. The lowest BCUT2D eigenvalue weighted by atomic mass is 10.1. The summed E-state index contributed by atoms with van der Waals surface area (Å²) >= 11 is 12.1. The number of hydrogen-bond acceptors (Lipinski definition) is 2. The molecule has 0 saturated heterocycles. The van der Waals surface area contributed by atoms with Crippen LogP contribution in [-0.2, 0) is 23.0 Å². The fourth-order valence-corrected chi connectivity index (χ4v) is 5.68. The van der Waals surface area contributed by atoms with E-state index in [1.165, 1.54) is 0 Å². The molecule has 1 aliphatic rings. The van der Waals surface area contributed by atoms with Crippen LogP contribution in [0, 0.1) is 0 Å². The van der Waals surface area contributed by atoms with Crippen LogP contribution in [0.4, 0.5) is 0 Å². The summed E-state index contributed by atoms with van der Waals surface area (Å²) in [5.41, 5.74) is 3.09. The first-order chi connectivity index (χ1) is 13.4. The van der Waals surface area contributed by atoms with Crippen LogP contribution >= 0.6 is 23.2 Å². The van der Waals surface area contributed by atoms with Crippen molar-refractivity contribution in [1.82, 2.24) is 4.31 Å². The van der Waals surface area contributed by atoms with E-state index in [4.69, 9.17) is 23.2 Å². The Morgan fingerprint density at radius 3 is 2.29 bits per heavy atom. The van der Waals surface area contributed by atoms with Crippen LogP contribution in [-0.4, -0.2) is 12.7 Å². The molecule has 3 aromatic rings. The maximum absolute atomic E-state index is 13.6.